The van der Waals surface area contributed by atoms with Gasteiger partial charge in [-0.05, 0) is 46.8 Å². The van der Waals surface area contributed by atoms with E-state index in [1.54, 1.807) is 4.90 Å². The van der Waals surface area contributed by atoms with E-state index in [1.165, 1.54) is 0 Å². The number of aliphatic hydroxyl groups is 2. The molecule has 0 aromatic heterocycles. The quantitative estimate of drug-likeness (QED) is 0.505. The molecule has 0 aliphatic rings. The minimum Gasteiger partial charge on any atom is -0.395 e. The van der Waals surface area contributed by atoms with Gasteiger partial charge in [0.2, 0.25) is 0 Å². The molecule has 6 nitrogen and oxygen atoms in total. The lowest BCUT2D eigenvalue weighted by Gasteiger charge is -2.36. The molecule has 0 bridgehead atoms. The standard InChI is InChI=1S/C12H26N4O2S/c1-11(2,3)14-15-12(4,5)16(7-9-18)10(19)13-6-8-17/h17-18H,6-9H2,1-5H3,(H,13,19). The van der Waals surface area contributed by atoms with E-state index in [9.17, 15) is 0 Å². The van der Waals surface area contributed by atoms with Gasteiger partial charge in [-0.2, -0.15) is 10.2 Å². The molecule has 0 aliphatic carbocycles. The van der Waals surface area contributed by atoms with Crippen molar-refractivity contribution in [2.75, 3.05) is 26.3 Å². The second-order valence-corrected chi connectivity index (χ2v) is 6.08. The number of rotatable bonds is 6. The Kier molecular flexibility index (Phi) is 7.39. The Balaban J connectivity index is 4.93. The van der Waals surface area contributed by atoms with Gasteiger partial charge in [-0.1, -0.05) is 0 Å². The fourth-order valence-corrected chi connectivity index (χ4v) is 1.73. The molecule has 0 atom stereocenters. The SMILES string of the molecule is CC(C)(C)N=NC(C)(C)N(CCO)C(=S)NCCO. The number of hydrogen-bond donors (Lipinski definition) is 3. The van der Waals surface area contributed by atoms with Gasteiger partial charge in [0.15, 0.2) is 5.11 Å². The van der Waals surface area contributed by atoms with Crippen LogP contribution in [0.15, 0.2) is 10.2 Å². The number of azo groups is 1. The number of hydrogen-bond acceptors (Lipinski definition) is 5. The molecule has 0 aromatic carbocycles. The molecule has 0 saturated carbocycles. The van der Waals surface area contributed by atoms with E-state index in [1.807, 2.05) is 34.6 Å². The van der Waals surface area contributed by atoms with Gasteiger partial charge in [-0.25, -0.2) is 0 Å². The maximum absolute atomic E-state index is 9.15. The van der Waals surface area contributed by atoms with Crippen LogP contribution in [0.4, 0.5) is 0 Å². The summed E-state index contributed by atoms with van der Waals surface area (Å²) in [5.41, 5.74) is -0.919. The zero-order valence-corrected chi connectivity index (χ0v) is 13.3. The first kappa shape index (κ1) is 18.2. The molecule has 0 unspecified atom stereocenters. The van der Waals surface area contributed by atoms with Crippen molar-refractivity contribution in [3.63, 3.8) is 0 Å². The van der Waals surface area contributed by atoms with Crippen molar-refractivity contribution in [2.24, 2.45) is 10.2 Å². The third kappa shape index (κ3) is 7.39. The summed E-state index contributed by atoms with van der Waals surface area (Å²) in [4.78, 5) is 1.76. The van der Waals surface area contributed by atoms with E-state index in [4.69, 9.17) is 22.4 Å². The van der Waals surface area contributed by atoms with Gasteiger partial charge in [-0.15, -0.1) is 0 Å². The van der Waals surface area contributed by atoms with Gasteiger partial charge >= 0.3 is 0 Å². The molecule has 19 heavy (non-hydrogen) atoms. The molecule has 0 aromatic rings. The lowest BCUT2D eigenvalue weighted by Crippen LogP contribution is -2.52. The average Bonchev–Trinajstić information content (AvgIpc) is 2.29. The Morgan fingerprint density at radius 2 is 1.68 bits per heavy atom. The number of aliphatic hydroxyl groups excluding tert-OH is 2. The summed E-state index contributed by atoms with van der Waals surface area (Å²) in [5, 5.41) is 29.9. The monoisotopic (exact) mass is 290 g/mol. The van der Waals surface area contributed by atoms with E-state index in [-0.39, 0.29) is 18.8 Å². The molecule has 0 radical (unpaired) electrons. The van der Waals surface area contributed by atoms with Gasteiger partial charge in [-0.3, -0.25) is 0 Å². The fraction of sp³-hybridized carbons (Fsp3) is 0.917. The number of nitrogens with zero attached hydrogens (tertiary/aromatic N) is 3. The van der Waals surface area contributed by atoms with Gasteiger partial charge in [0.1, 0.15) is 5.66 Å². The first-order valence-electron chi connectivity index (χ1n) is 6.35. The summed E-state index contributed by atoms with van der Waals surface area (Å²) in [7, 11) is 0. The molecule has 0 spiro atoms. The summed E-state index contributed by atoms with van der Waals surface area (Å²) in [6.45, 7) is 10.3. The highest BCUT2D eigenvalue weighted by Crippen LogP contribution is 2.19. The Bertz CT molecular complexity index is 313. The van der Waals surface area contributed by atoms with Crippen LogP contribution in [-0.2, 0) is 0 Å². The third-order valence-corrected chi connectivity index (χ3v) is 2.58. The van der Waals surface area contributed by atoms with E-state index < -0.39 is 5.66 Å². The van der Waals surface area contributed by atoms with Crippen LogP contribution < -0.4 is 5.32 Å². The van der Waals surface area contributed by atoms with Crippen molar-refractivity contribution in [3.8, 4) is 0 Å². The third-order valence-electron chi connectivity index (χ3n) is 2.21. The molecule has 112 valence electrons. The molecule has 0 aliphatic heterocycles. The van der Waals surface area contributed by atoms with Crippen LogP contribution in [0.2, 0.25) is 0 Å². The van der Waals surface area contributed by atoms with E-state index in [0.29, 0.717) is 18.2 Å². The normalized spacial score (nSPS) is 12.8. The van der Waals surface area contributed by atoms with Crippen LogP contribution in [0.25, 0.3) is 0 Å². The van der Waals surface area contributed by atoms with Crippen molar-refractivity contribution in [1.29, 1.82) is 0 Å². The van der Waals surface area contributed by atoms with Crippen LogP contribution in [0, 0.1) is 0 Å². The van der Waals surface area contributed by atoms with Crippen molar-refractivity contribution in [1.82, 2.24) is 10.2 Å². The zero-order chi connectivity index (χ0) is 15.1. The van der Waals surface area contributed by atoms with Crippen LogP contribution in [0.3, 0.4) is 0 Å². The molecule has 0 heterocycles. The van der Waals surface area contributed by atoms with Crippen molar-refractivity contribution >= 4 is 17.3 Å². The molecule has 0 rings (SSSR count). The lowest BCUT2D eigenvalue weighted by atomic mass is 10.1. The molecule has 7 heteroatoms. The second-order valence-electron chi connectivity index (χ2n) is 5.70. The topological polar surface area (TPSA) is 80.5 Å². The number of nitrogens with one attached hydrogen (secondary N) is 1. The van der Waals surface area contributed by atoms with Crippen LogP contribution >= 0.6 is 12.2 Å². The number of thiocarbonyl (C=S) groups is 1. The molecule has 3 N–H and O–H groups in total. The fourth-order valence-electron chi connectivity index (χ4n) is 1.31. The minimum absolute atomic E-state index is 0.00293. The van der Waals surface area contributed by atoms with Crippen molar-refractivity contribution < 1.29 is 10.2 Å². The maximum Gasteiger partial charge on any atom is 0.171 e. The first-order chi connectivity index (χ1) is 8.64. The lowest BCUT2D eigenvalue weighted by molar-refractivity contribution is 0.162. The van der Waals surface area contributed by atoms with Gasteiger partial charge < -0.3 is 20.4 Å². The molecule has 0 saturated heterocycles. The van der Waals surface area contributed by atoms with Crippen LogP contribution in [-0.4, -0.2) is 57.7 Å². The summed E-state index contributed by atoms with van der Waals surface area (Å²) in [6, 6.07) is 0. The summed E-state index contributed by atoms with van der Waals surface area (Å²) in [6.07, 6.45) is 0. The van der Waals surface area contributed by atoms with E-state index >= 15 is 0 Å². The molecular formula is C12H26N4O2S. The van der Waals surface area contributed by atoms with E-state index in [0.717, 1.165) is 0 Å². The average molecular weight is 290 g/mol. The smallest absolute Gasteiger partial charge is 0.171 e. The van der Waals surface area contributed by atoms with Gasteiger partial charge in [0, 0.05) is 13.1 Å². The summed E-state index contributed by atoms with van der Waals surface area (Å²) < 4.78 is 0. The maximum atomic E-state index is 9.15. The first-order valence-corrected chi connectivity index (χ1v) is 6.76. The van der Waals surface area contributed by atoms with Crippen molar-refractivity contribution in [2.45, 2.75) is 45.8 Å². The zero-order valence-electron chi connectivity index (χ0n) is 12.5. The molecular weight excluding hydrogens is 264 g/mol. The van der Waals surface area contributed by atoms with Gasteiger partial charge in [0.05, 0.1) is 18.8 Å². The highest BCUT2D eigenvalue weighted by atomic mass is 32.1. The molecule has 0 fully saturated rings. The largest absolute Gasteiger partial charge is 0.395 e. The summed E-state index contributed by atoms with van der Waals surface area (Å²) >= 11 is 5.25. The van der Waals surface area contributed by atoms with Crippen LogP contribution in [0.1, 0.15) is 34.6 Å². The van der Waals surface area contributed by atoms with Gasteiger partial charge in [0.25, 0.3) is 0 Å². The van der Waals surface area contributed by atoms with Crippen molar-refractivity contribution in [3.05, 3.63) is 0 Å². The second kappa shape index (κ2) is 7.72. The predicted octanol–water partition coefficient (Wildman–Crippen LogP) is 1.13. The Morgan fingerprint density at radius 3 is 2.11 bits per heavy atom. The Morgan fingerprint density at radius 1 is 1.11 bits per heavy atom. The highest BCUT2D eigenvalue weighted by molar-refractivity contribution is 7.80. The van der Waals surface area contributed by atoms with E-state index in [2.05, 4.69) is 15.5 Å². The highest BCUT2D eigenvalue weighted by Gasteiger charge is 2.28. The minimum atomic E-state index is -0.657. The Labute approximate surface area is 120 Å². The molecule has 0 amide bonds. The Hall–Kier alpha value is -0.790. The van der Waals surface area contributed by atoms with Crippen LogP contribution in [0.5, 0.6) is 0 Å². The summed E-state index contributed by atoms with van der Waals surface area (Å²) in [5.74, 6) is 0. The predicted molar refractivity (Wildman–Crippen MR) is 80.2 cm³/mol.